The zero-order valence-corrected chi connectivity index (χ0v) is 12.2. The third-order valence-corrected chi connectivity index (χ3v) is 4.11. The third-order valence-electron chi connectivity index (χ3n) is 3.17. The molecule has 0 amide bonds. The van der Waals surface area contributed by atoms with Crippen LogP contribution in [0.1, 0.15) is 53.2 Å². The summed E-state index contributed by atoms with van der Waals surface area (Å²) in [7, 11) is 0. The SMILES string of the molecule is Cc1ccc(C)c(C(N)c2nc(C(C)C)cs2)c1. The summed E-state index contributed by atoms with van der Waals surface area (Å²) in [5.74, 6) is 0.459. The highest BCUT2D eigenvalue weighted by Crippen LogP contribution is 2.28. The van der Waals surface area contributed by atoms with Crippen LogP contribution in [0.5, 0.6) is 0 Å². The molecular weight excluding hydrogens is 240 g/mol. The number of nitrogens with two attached hydrogens (primary N) is 1. The molecule has 2 N–H and O–H groups in total. The first-order valence-corrected chi connectivity index (χ1v) is 7.15. The average Bonchev–Trinajstić information content (AvgIpc) is 2.81. The molecule has 18 heavy (non-hydrogen) atoms. The Morgan fingerprint density at radius 2 is 1.94 bits per heavy atom. The molecule has 1 heterocycles. The van der Waals surface area contributed by atoms with Gasteiger partial charge in [-0.2, -0.15) is 0 Å². The molecule has 0 bridgehead atoms. The second-order valence-corrected chi connectivity index (χ2v) is 5.99. The standard InChI is InChI=1S/C15H20N2S/c1-9(2)13-8-18-15(17-13)14(16)12-7-10(3)5-6-11(12)4/h5-9,14H,16H2,1-4H3. The van der Waals surface area contributed by atoms with Crippen molar-refractivity contribution in [1.82, 2.24) is 4.98 Å². The van der Waals surface area contributed by atoms with Crippen molar-refractivity contribution in [2.45, 2.75) is 39.7 Å². The summed E-state index contributed by atoms with van der Waals surface area (Å²) >= 11 is 1.66. The molecule has 96 valence electrons. The van der Waals surface area contributed by atoms with Gasteiger partial charge in [0.15, 0.2) is 0 Å². The van der Waals surface area contributed by atoms with Gasteiger partial charge >= 0.3 is 0 Å². The van der Waals surface area contributed by atoms with Crippen molar-refractivity contribution in [3.05, 3.63) is 51.0 Å². The van der Waals surface area contributed by atoms with E-state index in [1.807, 2.05) is 0 Å². The minimum absolute atomic E-state index is 0.109. The number of nitrogens with zero attached hydrogens (tertiary/aromatic N) is 1. The van der Waals surface area contributed by atoms with E-state index in [0.29, 0.717) is 5.92 Å². The van der Waals surface area contributed by atoms with E-state index in [2.05, 4.69) is 56.3 Å². The molecule has 2 rings (SSSR count). The van der Waals surface area contributed by atoms with Crippen LogP contribution in [0.3, 0.4) is 0 Å². The highest BCUT2D eigenvalue weighted by Gasteiger charge is 2.16. The molecule has 1 atom stereocenters. The number of rotatable bonds is 3. The molecular formula is C15H20N2S. The smallest absolute Gasteiger partial charge is 0.114 e. The number of aromatic nitrogens is 1. The summed E-state index contributed by atoms with van der Waals surface area (Å²) in [6.45, 7) is 8.51. The number of hydrogen-bond acceptors (Lipinski definition) is 3. The molecule has 1 unspecified atom stereocenters. The van der Waals surface area contributed by atoms with Gasteiger partial charge in [0.05, 0.1) is 11.7 Å². The Hall–Kier alpha value is -1.19. The lowest BCUT2D eigenvalue weighted by atomic mass is 10.00. The first-order chi connectivity index (χ1) is 8.49. The highest BCUT2D eigenvalue weighted by atomic mass is 32.1. The number of benzene rings is 1. The van der Waals surface area contributed by atoms with Crippen LogP contribution in [0.25, 0.3) is 0 Å². The van der Waals surface area contributed by atoms with E-state index >= 15 is 0 Å². The van der Waals surface area contributed by atoms with E-state index in [1.54, 1.807) is 11.3 Å². The Labute approximate surface area is 113 Å². The van der Waals surface area contributed by atoms with Crippen LogP contribution in [-0.4, -0.2) is 4.98 Å². The van der Waals surface area contributed by atoms with Gasteiger partial charge in [-0.3, -0.25) is 0 Å². The van der Waals surface area contributed by atoms with Crippen molar-refractivity contribution in [2.24, 2.45) is 5.73 Å². The molecule has 0 aliphatic heterocycles. The van der Waals surface area contributed by atoms with Gasteiger partial charge in [-0.15, -0.1) is 11.3 Å². The Balaban J connectivity index is 2.34. The zero-order valence-electron chi connectivity index (χ0n) is 11.4. The number of aryl methyl sites for hydroxylation is 2. The second kappa shape index (κ2) is 5.21. The van der Waals surface area contributed by atoms with Crippen LogP contribution < -0.4 is 5.73 Å². The van der Waals surface area contributed by atoms with Crippen LogP contribution in [0.2, 0.25) is 0 Å². The summed E-state index contributed by atoms with van der Waals surface area (Å²) in [4.78, 5) is 4.65. The number of hydrogen-bond donors (Lipinski definition) is 1. The van der Waals surface area contributed by atoms with Crippen molar-refractivity contribution < 1.29 is 0 Å². The molecule has 0 saturated heterocycles. The van der Waals surface area contributed by atoms with Crippen LogP contribution in [0, 0.1) is 13.8 Å². The van der Waals surface area contributed by atoms with E-state index < -0.39 is 0 Å². The van der Waals surface area contributed by atoms with Gasteiger partial charge in [-0.25, -0.2) is 4.98 Å². The average molecular weight is 260 g/mol. The lowest BCUT2D eigenvalue weighted by Crippen LogP contribution is -2.13. The van der Waals surface area contributed by atoms with Crippen LogP contribution >= 0.6 is 11.3 Å². The van der Waals surface area contributed by atoms with Gasteiger partial charge in [-0.1, -0.05) is 37.6 Å². The maximum Gasteiger partial charge on any atom is 0.114 e. The summed E-state index contributed by atoms with van der Waals surface area (Å²) in [5.41, 5.74) is 11.1. The molecule has 0 fully saturated rings. The van der Waals surface area contributed by atoms with Crippen LogP contribution in [0.15, 0.2) is 23.6 Å². The normalized spacial score (nSPS) is 13.0. The van der Waals surface area contributed by atoms with Crippen LogP contribution in [0.4, 0.5) is 0 Å². The Morgan fingerprint density at radius 1 is 1.22 bits per heavy atom. The zero-order chi connectivity index (χ0) is 13.3. The minimum Gasteiger partial charge on any atom is -0.318 e. The predicted molar refractivity (Wildman–Crippen MR) is 78.1 cm³/mol. The summed E-state index contributed by atoms with van der Waals surface area (Å²) in [6.07, 6.45) is 0. The lowest BCUT2D eigenvalue weighted by Gasteiger charge is -2.13. The first kappa shape index (κ1) is 13.2. The summed E-state index contributed by atoms with van der Waals surface area (Å²) in [6, 6.07) is 6.30. The van der Waals surface area contributed by atoms with E-state index in [1.165, 1.54) is 16.7 Å². The summed E-state index contributed by atoms with van der Waals surface area (Å²) in [5, 5.41) is 3.12. The molecule has 0 saturated carbocycles. The van der Waals surface area contributed by atoms with Gasteiger partial charge in [0.2, 0.25) is 0 Å². The predicted octanol–water partition coefficient (Wildman–Crippen LogP) is 3.93. The van der Waals surface area contributed by atoms with Crippen molar-refractivity contribution in [3.63, 3.8) is 0 Å². The molecule has 0 spiro atoms. The van der Waals surface area contributed by atoms with Gasteiger partial charge in [-0.05, 0) is 30.9 Å². The van der Waals surface area contributed by atoms with Gasteiger partial charge in [0, 0.05) is 5.38 Å². The van der Waals surface area contributed by atoms with Gasteiger partial charge in [0.25, 0.3) is 0 Å². The third kappa shape index (κ3) is 2.62. The number of thiazole rings is 1. The fourth-order valence-electron chi connectivity index (χ4n) is 1.94. The molecule has 0 radical (unpaired) electrons. The van der Waals surface area contributed by atoms with E-state index in [4.69, 9.17) is 5.73 Å². The minimum atomic E-state index is -0.109. The van der Waals surface area contributed by atoms with Gasteiger partial charge in [0.1, 0.15) is 5.01 Å². The molecule has 1 aromatic carbocycles. The van der Waals surface area contributed by atoms with Crippen molar-refractivity contribution in [1.29, 1.82) is 0 Å². The Bertz CT molecular complexity index is 543. The largest absolute Gasteiger partial charge is 0.318 e. The molecule has 0 aliphatic rings. The van der Waals surface area contributed by atoms with E-state index in [-0.39, 0.29) is 6.04 Å². The van der Waals surface area contributed by atoms with E-state index in [0.717, 1.165) is 10.7 Å². The highest BCUT2D eigenvalue weighted by molar-refractivity contribution is 7.09. The quantitative estimate of drug-likeness (QED) is 0.908. The van der Waals surface area contributed by atoms with Crippen LogP contribution in [-0.2, 0) is 0 Å². The Morgan fingerprint density at radius 3 is 2.56 bits per heavy atom. The molecule has 2 aromatic rings. The van der Waals surface area contributed by atoms with Crippen molar-refractivity contribution in [3.8, 4) is 0 Å². The first-order valence-electron chi connectivity index (χ1n) is 6.27. The monoisotopic (exact) mass is 260 g/mol. The second-order valence-electron chi connectivity index (χ2n) is 5.10. The summed E-state index contributed by atoms with van der Waals surface area (Å²) < 4.78 is 0. The van der Waals surface area contributed by atoms with Crippen molar-refractivity contribution >= 4 is 11.3 Å². The molecule has 2 nitrogen and oxygen atoms in total. The molecule has 1 aromatic heterocycles. The van der Waals surface area contributed by atoms with Gasteiger partial charge < -0.3 is 5.73 Å². The molecule has 0 aliphatic carbocycles. The lowest BCUT2D eigenvalue weighted by molar-refractivity contribution is 0.792. The van der Waals surface area contributed by atoms with Crippen molar-refractivity contribution in [2.75, 3.05) is 0 Å². The molecule has 3 heteroatoms. The van der Waals surface area contributed by atoms with E-state index in [9.17, 15) is 0 Å². The fraction of sp³-hybridized carbons (Fsp3) is 0.400. The topological polar surface area (TPSA) is 38.9 Å². The maximum absolute atomic E-state index is 6.35. The fourth-order valence-corrected chi connectivity index (χ4v) is 2.93. The maximum atomic E-state index is 6.35. The Kier molecular flexibility index (Phi) is 3.83.